The molecule has 2 aromatic heterocycles. The highest BCUT2D eigenvalue weighted by atomic mass is 32.1. The minimum absolute atomic E-state index is 0.00332. The lowest BCUT2D eigenvalue weighted by molar-refractivity contribution is -0.127. The molecule has 3 aromatic rings. The third-order valence-corrected chi connectivity index (χ3v) is 6.42. The number of thiazole rings is 1. The Bertz CT molecular complexity index is 1010. The average molecular weight is 428 g/mol. The van der Waals surface area contributed by atoms with Crippen LogP contribution in [-0.2, 0) is 18.4 Å². The molecule has 0 bridgehead atoms. The van der Waals surface area contributed by atoms with Gasteiger partial charge in [-0.2, -0.15) is 0 Å². The topological polar surface area (TPSA) is 63.1 Å². The van der Waals surface area contributed by atoms with E-state index in [0.717, 1.165) is 43.2 Å². The maximum atomic E-state index is 13.8. The van der Waals surface area contributed by atoms with Crippen molar-refractivity contribution in [3.8, 4) is 0 Å². The van der Waals surface area contributed by atoms with Gasteiger partial charge in [0.2, 0.25) is 5.91 Å². The predicted molar refractivity (Wildman–Crippen MR) is 114 cm³/mol. The van der Waals surface area contributed by atoms with Crippen molar-refractivity contribution in [2.24, 2.45) is 13.0 Å². The summed E-state index contributed by atoms with van der Waals surface area (Å²) in [5.74, 6) is 0.294. The predicted octanol–water partition coefficient (Wildman–Crippen LogP) is 3.44. The molecule has 0 radical (unpaired) electrons. The second kappa shape index (κ2) is 9.06. The Labute approximate surface area is 179 Å². The fourth-order valence-corrected chi connectivity index (χ4v) is 4.57. The Morgan fingerprint density at radius 3 is 2.80 bits per heavy atom. The minimum Gasteiger partial charge on any atom is -0.342 e. The van der Waals surface area contributed by atoms with Crippen LogP contribution in [0.2, 0.25) is 0 Å². The summed E-state index contributed by atoms with van der Waals surface area (Å²) in [7, 11) is 1.87. The second-order valence-electron chi connectivity index (χ2n) is 7.80. The van der Waals surface area contributed by atoms with Gasteiger partial charge >= 0.3 is 0 Å². The zero-order valence-corrected chi connectivity index (χ0v) is 18.0. The number of aryl methyl sites for hydroxylation is 2. The number of rotatable bonds is 6. The lowest BCUT2D eigenvalue weighted by Gasteiger charge is -2.31. The number of hydrogen-bond acceptors (Lipinski definition) is 5. The molecule has 4 rings (SSSR count). The first-order valence-electron chi connectivity index (χ1n) is 10.2. The lowest BCUT2D eigenvalue weighted by Crippen LogP contribution is -2.42. The Kier molecular flexibility index (Phi) is 6.24. The van der Waals surface area contributed by atoms with Gasteiger partial charge in [0, 0.05) is 37.3 Å². The van der Waals surface area contributed by atoms with Crippen LogP contribution in [0.5, 0.6) is 0 Å². The molecule has 1 aliphatic rings. The van der Waals surface area contributed by atoms with Gasteiger partial charge in [0.05, 0.1) is 10.7 Å². The number of hydrogen-bond donors (Lipinski definition) is 1. The lowest BCUT2D eigenvalue weighted by atomic mass is 9.94. The van der Waals surface area contributed by atoms with Crippen LogP contribution in [0.15, 0.2) is 42.0 Å². The number of carbonyl (C=O) groups excluding carboxylic acids is 1. The molecular weight excluding hydrogens is 401 g/mol. The third-order valence-electron chi connectivity index (χ3n) is 5.60. The number of carbonyl (C=O) groups is 1. The fraction of sp³-hybridized carbons (Fsp3) is 0.409. The number of piperidine rings is 1. The van der Waals surface area contributed by atoms with Gasteiger partial charge < -0.3 is 9.88 Å². The number of imidazole rings is 1. The first-order chi connectivity index (χ1) is 14.5. The quantitative estimate of drug-likeness (QED) is 0.655. The highest BCUT2D eigenvalue weighted by Crippen LogP contribution is 2.25. The molecule has 1 aliphatic heterocycles. The molecule has 0 spiro atoms. The molecule has 1 atom stereocenters. The Morgan fingerprint density at radius 2 is 2.17 bits per heavy atom. The van der Waals surface area contributed by atoms with Gasteiger partial charge in [-0.05, 0) is 50.6 Å². The summed E-state index contributed by atoms with van der Waals surface area (Å²) in [4.78, 5) is 24.3. The second-order valence-corrected chi connectivity index (χ2v) is 8.86. The smallest absolute Gasteiger partial charge is 0.224 e. The van der Waals surface area contributed by atoms with Crippen molar-refractivity contribution in [3.63, 3.8) is 0 Å². The largest absolute Gasteiger partial charge is 0.342 e. The SMILES string of the molecule is Cc1nc(CN2CCC(C(=O)NC(c3cccc(F)c3)c3nccn3C)CC2)cs1. The Balaban J connectivity index is 1.41. The molecule has 1 saturated heterocycles. The van der Waals surface area contributed by atoms with E-state index in [1.807, 2.05) is 30.8 Å². The molecule has 0 saturated carbocycles. The van der Waals surface area contributed by atoms with Gasteiger partial charge in [-0.3, -0.25) is 9.69 Å². The molecule has 1 unspecified atom stereocenters. The number of nitrogens with zero attached hydrogens (tertiary/aromatic N) is 4. The van der Waals surface area contributed by atoms with Crippen LogP contribution in [0.1, 0.15) is 41.0 Å². The molecule has 8 heteroatoms. The van der Waals surface area contributed by atoms with Gasteiger partial charge in [-0.15, -0.1) is 11.3 Å². The molecule has 6 nitrogen and oxygen atoms in total. The summed E-state index contributed by atoms with van der Waals surface area (Å²) < 4.78 is 15.7. The Hall–Kier alpha value is -2.58. The van der Waals surface area contributed by atoms with Gasteiger partial charge in [-0.1, -0.05) is 12.1 Å². The first kappa shape index (κ1) is 20.7. The van der Waals surface area contributed by atoms with Crippen LogP contribution in [-0.4, -0.2) is 38.4 Å². The number of halogens is 1. The van der Waals surface area contributed by atoms with Crippen LogP contribution in [0, 0.1) is 18.7 Å². The molecule has 1 amide bonds. The van der Waals surface area contributed by atoms with E-state index in [1.165, 1.54) is 12.1 Å². The maximum Gasteiger partial charge on any atom is 0.224 e. The summed E-state index contributed by atoms with van der Waals surface area (Å²) in [6, 6.07) is 5.86. The number of amides is 1. The minimum atomic E-state index is -0.482. The van der Waals surface area contributed by atoms with Crippen molar-refractivity contribution in [1.82, 2.24) is 24.8 Å². The van der Waals surface area contributed by atoms with Gasteiger partial charge in [0.15, 0.2) is 0 Å². The Morgan fingerprint density at radius 1 is 1.37 bits per heavy atom. The molecule has 30 heavy (non-hydrogen) atoms. The van der Waals surface area contributed by atoms with E-state index in [9.17, 15) is 9.18 Å². The van der Waals surface area contributed by atoms with Crippen molar-refractivity contribution in [2.75, 3.05) is 13.1 Å². The summed E-state index contributed by atoms with van der Waals surface area (Å²) >= 11 is 1.67. The first-order valence-corrected chi connectivity index (χ1v) is 11.0. The van der Waals surface area contributed by atoms with E-state index < -0.39 is 6.04 Å². The van der Waals surface area contributed by atoms with Crippen molar-refractivity contribution in [2.45, 2.75) is 32.4 Å². The highest BCUT2D eigenvalue weighted by molar-refractivity contribution is 7.09. The highest BCUT2D eigenvalue weighted by Gasteiger charge is 2.29. The molecular formula is C22H26FN5OS. The third kappa shape index (κ3) is 4.76. The summed E-state index contributed by atoms with van der Waals surface area (Å²) in [6.07, 6.45) is 5.11. The molecule has 3 heterocycles. The maximum absolute atomic E-state index is 13.8. The van der Waals surface area contributed by atoms with Crippen LogP contribution in [0.3, 0.4) is 0 Å². The monoisotopic (exact) mass is 427 g/mol. The molecule has 1 fully saturated rings. The van der Waals surface area contributed by atoms with E-state index in [0.29, 0.717) is 11.4 Å². The summed E-state index contributed by atoms with van der Waals surface area (Å²) in [5.41, 5.74) is 1.79. The van der Waals surface area contributed by atoms with Crippen molar-refractivity contribution in [3.05, 3.63) is 69.9 Å². The zero-order chi connectivity index (χ0) is 21.1. The van der Waals surface area contributed by atoms with E-state index in [1.54, 1.807) is 23.6 Å². The van der Waals surface area contributed by atoms with Gasteiger partial charge in [0.25, 0.3) is 0 Å². The number of likely N-dealkylation sites (tertiary alicyclic amines) is 1. The molecule has 0 aliphatic carbocycles. The molecule has 158 valence electrons. The number of nitrogens with one attached hydrogen (secondary N) is 1. The van der Waals surface area contributed by atoms with Crippen LogP contribution in [0.4, 0.5) is 4.39 Å². The van der Waals surface area contributed by atoms with Crippen LogP contribution < -0.4 is 5.32 Å². The normalized spacial score (nSPS) is 16.5. The number of aromatic nitrogens is 3. The zero-order valence-electron chi connectivity index (χ0n) is 17.2. The number of benzene rings is 1. The van der Waals surface area contributed by atoms with E-state index in [4.69, 9.17) is 0 Å². The van der Waals surface area contributed by atoms with E-state index >= 15 is 0 Å². The molecule has 1 aromatic carbocycles. The van der Waals surface area contributed by atoms with Crippen molar-refractivity contribution < 1.29 is 9.18 Å². The van der Waals surface area contributed by atoms with E-state index in [2.05, 4.69) is 25.6 Å². The van der Waals surface area contributed by atoms with E-state index in [-0.39, 0.29) is 17.6 Å². The van der Waals surface area contributed by atoms with Crippen LogP contribution >= 0.6 is 11.3 Å². The van der Waals surface area contributed by atoms with Crippen molar-refractivity contribution in [1.29, 1.82) is 0 Å². The summed E-state index contributed by atoms with van der Waals surface area (Å²) in [6.45, 7) is 4.57. The summed E-state index contributed by atoms with van der Waals surface area (Å²) in [5, 5.41) is 6.31. The van der Waals surface area contributed by atoms with Crippen LogP contribution in [0.25, 0.3) is 0 Å². The average Bonchev–Trinajstić information content (AvgIpc) is 3.34. The van der Waals surface area contributed by atoms with Gasteiger partial charge in [0.1, 0.15) is 17.7 Å². The van der Waals surface area contributed by atoms with Crippen molar-refractivity contribution >= 4 is 17.2 Å². The molecule has 1 N–H and O–H groups in total. The fourth-order valence-electron chi connectivity index (χ4n) is 3.96. The standard InChI is InChI=1S/C22H26FN5OS/c1-15-25-19(14-30-15)13-28-9-6-16(7-10-28)22(29)26-20(21-24-8-11-27(21)2)17-4-3-5-18(23)12-17/h3-5,8,11-12,14,16,20H,6-7,9-10,13H2,1-2H3,(H,26,29). The van der Waals surface area contributed by atoms with Gasteiger partial charge in [-0.25, -0.2) is 14.4 Å².